The van der Waals surface area contributed by atoms with Gasteiger partial charge in [-0.25, -0.2) is 0 Å². The maximum absolute atomic E-state index is 12.3. The zero-order chi connectivity index (χ0) is 13.6. The molecule has 3 nitrogen and oxygen atoms in total. The summed E-state index contributed by atoms with van der Waals surface area (Å²) in [6.45, 7) is 4.17. The van der Waals surface area contributed by atoms with Crippen LogP contribution < -0.4 is 11.1 Å². The van der Waals surface area contributed by atoms with E-state index < -0.39 is 0 Å². The molecule has 4 saturated carbocycles. The first-order valence-electron chi connectivity index (χ1n) is 8.14. The Kier molecular flexibility index (Phi) is 5.01. The fourth-order valence-corrected chi connectivity index (χ4v) is 4.93. The average Bonchev–Trinajstić information content (AvgIpc) is 2.40. The van der Waals surface area contributed by atoms with Crippen LogP contribution in [0.2, 0.25) is 0 Å². The maximum atomic E-state index is 12.3. The highest BCUT2D eigenvalue weighted by molar-refractivity contribution is 5.85. The van der Waals surface area contributed by atoms with Crippen LogP contribution in [0.5, 0.6) is 0 Å². The summed E-state index contributed by atoms with van der Waals surface area (Å²) in [6.07, 6.45) is 7.80. The molecule has 0 aromatic carbocycles. The minimum atomic E-state index is -0.331. The SMILES string of the molecule is CC[C@H](C)[C@H](N)C(=O)NC1C2CC3CC(C2)CC1C3.Cl. The van der Waals surface area contributed by atoms with Crippen molar-refractivity contribution in [2.75, 3.05) is 0 Å². The standard InChI is InChI=1S/C16H28N2O.ClH/c1-3-9(2)14(17)16(19)18-15-12-5-10-4-11(7-12)8-13(15)6-10;/h9-15H,3-8,17H2,1-2H3,(H,18,19);1H/t9-,10?,11?,12?,13?,14-,15?;/m0./s1. The lowest BCUT2D eigenvalue weighted by Crippen LogP contribution is -2.58. The molecule has 0 unspecified atom stereocenters. The Bertz CT molecular complexity index is 332. The van der Waals surface area contributed by atoms with Crippen molar-refractivity contribution in [3.05, 3.63) is 0 Å². The molecule has 0 aliphatic heterocycles. The minimum absolute atomic E-state index is 0. The zero-order valence-corrected chi connectivity index (χ0v) is 13.5. The first-order chi connectivity index (χ1) is 9.08. The van der Waals surface area contributed by atoms with Gasteiger partial charge in [-0.1, -0.05) is 20.3 Å². The van der Waals surface area contributed by atoms with Crippen molar-refractivity contribution in [1.82, 2.24) is 5.32 Å². The summed E-state index contributed by atoms with van der Waals surface area (Å²) in [5, 5.41) is 3.31. The van der Waals surface area contributed by atoms with Crippen LogP contribution in [-0.2, 0) is 4.79 Å². The number of nitrogens with two attached hydrogens (primary N) is 1. The molecule has 4 fully saturated rings. The highest BCUT2D eigenvalue weighted by Gasteiger charge is 2.48. The Morgan fingerprint density at radius 3 is 2.10 bits per heavy atom. The van der Waals surface area contributed by atoms with Crippen LogP contribution in [0.3, 0.4) is 0 Å². The Morgan fingerprint density at radius 2 is 1.65 bits per heavy atom. The fourth-order valence-electron chi connectivity index (χ4n) is 4.93. The van der Waals surface area contributed by atoms with Crippen molar-refractivity contribution in [2.24, 2.45) is 35.3 Å². The second-order valence-corrected chi connectivity index (χ2v) is 7.38. The summed E-state index contributed by atoms with van der Waals surface area (Å²) < 4.78 is 0. The molecule has 0 spiro atoms. The van der Waals surface area contributed by atoms with Crippen molar-refractivity contribution in [3.8, 4) is 0 Å². The molecule has 116 valence electrons. The van der Waals surface area contributed by atoms with E-state index in [9.17, 15) is 4.79 Å². The third kappa shape index (κ3) is 2.85. The van der Waals surface area contributed by atoms with Crippen molar-refractivity contribution >= 4 is 18.3 Å². The lowest BCUT2D eigenvalue weighted by Gasteiger charge is -2.54. The van der Waals surface area contributed by atoms with Gasteiger partial charge in [-0.2, -0.15) is 0 Å². The van der Waals surface area contributed by atoms with Crippen LogP contribution in [0.4, 0.5) is 0 Å². The molecule has 4 bridgehead atoms. The summed E-state index contributed by atoms with van der Waals surface area (Å²) in [6, 6.07) is 0.0950. The lowest BCUT2D eigenvalue weighted by atomic mass is 9.54. The summed E-state index contributed by atoms with van der Waals surface area (Å²) in [5.74, 6) is 3.76. The molecule has 0 aromatic heterocycles. The molecule has 4 rings (SSSR count). The summed E-state index contributed by atoms with van der Waals surface area (Å²) in [5.41, 5.74) is 6.06. The quantitative estimate of drug-likeness (QED) is 0.839. The van der Waals surface area contributed by atoms with Gasteiger partial charge in [0, 0.05) is 6.04 Å². The third-order valence-corrected chi connectivity index (χ3v) is 6.10. The molecule has 4 heteroatoms. The van der Waals surface area contributed by atoms with Crippen LogP contribution in [0.1, 0.15) is 52.4 Å². The molecule has 1 amide bonds. The van der Waals surface area contributed by atoms with E-state index in [1.54, 1.807) is 0 Å². The molecular formula is C16H29ClN2O. The van der Waals surface area contributed by atoms with Gasteiger partial charge in [0.15, 0.2) is 0 Å². The first-order valence-corrected chi connectivity index (χ1v) is 8.14. The molecular weight excluding hydrogens is 272 g/mol. The molecule has 0 heterocycles. The number of carbonyl (C=O) groups excluding carboxylic acids is 1. The molecule has 2 atom stereocenters. The lowest BCUT2D eigenvalue weighted by molar-refractivity contribution is -0.127. The Balaban J connectivity index is 0.00000147. The molecule has 4 aliphatic carbocycles. The van der Waals surface area contributed by atoms with Crippen molar-refractivity contribution in [3.63, 3.8) is 0 Å². The number of rotatable bonds is 4. The van der Waals surface area contributed by atoms with E-state index in [0.29, 0.717) is 6.04 Å². The van der Waals surface area contributed by atoms with Crippen LogP contribution in [0.25, 0.3) is 0 Å². The van der Waals surface area contributed by atoms with Crippen LogP contribution in [0, 0.1) is 29.6 Å². The van der Waals surface area contributed by atoms with Gasteiger partial charge < -0.3 is 11.1 Å². The topological polar surface area (TPSA) is 55.1 Å². The predicted molar refractivity (Wildman–Crippen MR) is 83.7 cm³/mol. The van der Waals surface area contributed by atoms with E-state index in [1.165, 1.54) is 32.1 Å². The maximum Gasteiger partial charge on any atom is 0.237 e. The third-order valence-electron chi connectivity index (χ3n) is 6.10. The van der Waals surface area contributed by atoms with Gasteiger partial charge in [-0.3, -0.25) is 4.79 Å². The van der Waals surface area contributed by atoms with E-state index in [4.69, 9.17) is 5.73 Å². The number of amides is 1. The van der Waals surface area contributed by atoms with E-state index in [0.717, 1.165) is 30.1 Å². The number of hydrogen-bond acceptors (Lipinski definition) is 2. The highest BCUT2D eigenvalue weighted by atomic mass is 35.5. The zero-order valence-electron chi connectivity index (χ0n) is 12.7. The fraction of sp³-hybridized carbons (Fsp3) is 0.938. The second-order valence-electron chi connectivity index (χ2n) is 7.38. The normalized spacial score (nSPS) is 40.9. The average molecular weight is 301 g/mol. The summed E-state index contributed by atoms with van der Waals surface area (Å²) in [4.78, 5) is 12.3. The predicted octanol–water partition coefficient (Wildman–Crippen LogP) is 2.72. The van der Waals surface area contributed by atoms with Gasteiger partial charge in [0.2, 0.25) is 5.91 Å². The van der Waals surface area contributed by atoms with Gasteiger partial charge in [0.25, 0.3) is 0 Å². The Hall–Kier alpha value is -0.280. The van der Waals surface area contributed by atoms with Crippen LogP contribution >= 0.6 is 12.4 Å². The van der Waals surface area contributed by atoms with E-state index in [-0.39, 0.29) is 30.3 Å². The van der Waals surface area contributed by atoms with Crippen molar-refractivity contribution in [1.29, 1.82) is 0 Å². The largest absolute Gasteiger partial charge is 0.351 e. The molecule has 0 aromatic rings. The van der Waals surface area contributed by atoms with Crippen LogP contribution in [0.15, 0.2) is 0 Å². The molecule has 3 N–H and O–H groups in total. The minimum Gasteiger partial charge on any atom is -0.351 e. The number of hydrogen-bond donors (Lipinski definition) is 2. The number of halogens is 1. The number of carbonyl (C=O) groups is 1. The Labute approximate surface area is 128 Å². The van der Waals surface area contributed by atoms with Gasteiger partial charge in [-0.15, -0.1) is 12.4 Å². The molecule has 0 saturated heterocycles. The van der Waals surface area contributed by atoms with Crippen LogP contribution in [-0.4, -0.2) is 18.0 Å². The van der Waals surface area contributed by atoms with E-state index in [2.05, 4.69) is 19.2 Å². The van der Waals surface area contributed by atoms with Crippen molar-refractivity contribution in [2.45, 2.75) is 64.5 Å². The van der Waals surface area contributed by atoms with Gasteiger partial charge >= 0.3 is 0 Å². The number of nitrogens with one attached hydrogen (secondary N) is 1. The highest BCUT2D eigenvalue weighted by Crippen LogP contribution is 2.53. The second kappa shape index (κ2) is 6.23. The van der Waals surface area contributed by atoms with Gasteiger partial charge in [-0.05, 0) is 61.7 Å². The molecule has 20 heavy (non-hydrogen) atoms. The van der Waals surface area contributed by atoms with E-state index >= 15 is 0 Å². The van der Waals surface area contributed by atoms with E-state index in [1.807, 2.05) is 0 Å². The smallest absolute Gasteiger partial charge is 0.237 e. The summed E-state index contributed by atoms with van der Waals surface area (Å²) >= 11 is 0. The molecule has 0 radical (unpaired) electrons. The van der Waals surface area contributed by atoms with Crippen molar-refractivity contribution < 1.29 is 4.79 Å². The van der Waals surface area contributed by atoms with Gasteiger partial charge in [0.1, 0.15) is 0 Å². The molecule has 4 aliphatic rings. The Morgan fingerprint density at radius 1 is 1.15 bits per heavy atom. The summed E-state index contributed by atoms with van der Waals surface area (Å²) in [7, 11) is 0. The van der Waals surface area contributed by atoms with Gasteiger partial charge in [0.05, 0.1) is 6.04 Å². The monoisotopic (exact) mass is 300 g/mol. The first kappa shape index (κ1) is 16.1.